The van der Waals surface area contributed by atoms with Crippen LogP contribution in [0.1, 0.15) is 17.3 Å². The van der Waals surface area contributed by atoms with Gasteiger partial charge in [-0.2, -0.15) is 0 Å². The Morgan fingerprint density at radius 3 is 2.62 bits per heavy atom. The van der Waals surface area contributed by atoms with Gasteiger partial charge in [-0.05, 0) is 49.4 Å². The highest BCUT2D eigenvalue weighted by Crippen LogP contribution is 2.35. The molecule has 8 nitrogen and oxygen atoms in total. The summed E-state index contributed by atoms with van der Waals surface area (Å²) in [6.07, 6.45) is 0. The van der Waals surface area contributed by atoms with Crippen LogP contribution in [0.15, 0.2) is 65.6 Å². The monoisotopic (exact) mass is 458 g/mol. The number of anilines is 2. The first kappa shape index (κ1) is 21.4. The molecule has 0 atom stereocenters. The van der Waals surface area contributed by atoms with Crippen LogP contribution in [0.2, 0.25) is 0 Å². The molecule has 10 heteroatoms. The highest BCUT2D eigenvalue weighted by molar-refractivity contribution is 7.92. The van der Waals surface area contributed by atoms with E-state index in [4.69, 9.17) is 14.2 Å². The molecule has 0 spiro atoms. The van der Waals surface area contributed by atoms with Crippen molar-refractivity contribution >= 4 is 27.3 Å². The summed E-state index contributed by atoms with van der Waals surface area (Å²) in [5, 5.41) is 2.53. The van der Waals surface area contributed by atoms with Crippen molar-refractivity contribution in [1.82, 2.24) is 0 Å². The molecule has 0 saturated carbocycles. The summed E-state index contributed by atoms with van der Waals surface area (Å²) in [6, 6.07) is 14.1. The lowest BCUT2D eigenvalue weighted by Crippen LogP contribution is -2.17. The largest absolute Gasteiger partial charge is 0.492 e. The zero-order valence-corrected chi connectivity index (χ0v) is 17.7. The highest BCUT2D eigenvalue weighted by atomic mass is 32.2. The smallest absolute Gasteiger partial charge is 0.261 e. The summed E-state index contributed by atoms with van der Waals surface area (Å²) >= 11 is 0. The van der Waals surface area contributed by atoms with Crippen LogP contribution in [0.4, 0.5) is 15.8 Å². The summed E-state index contributed by atoms with van der Waals surface area (Å²) in [5.74, 6) is -0.236. The lowest BCUT2D eigenvalue weighted by Gasteiger charge is -2.15. The van der Waals surface area contributed by atoms with E-state index in [1.165, 1.54) is 42.5 Å². The number of rotatable bonds is 7. The molecule has 3 aromatic carbocycles. The first-order chi connectivity index (χ1) is 15.4. The number of halogens is 1. The lowest BCUT2D eigenvalue weighted by atomic mass is 10.2. The van der Waals surface area contributed by atoms with E-state index in [0.717, 1.165) is 6.07 Å². The number of hydrogen-bond donors (Lipinski definition) is 2. The van der Waals surface area contributed by atoms with E-state index in [1.54, 1.807) is 19.1 Å². The molecule has 1 heterocycles. The Hall–Kier alpha value is -3.79. The molecular formula is C22H19FN2O6S. The third kappa shape index (κ3) is 4.45. The maximum Gasteiger partial charge on any atom is 0.261 e. The van der Waals surface area contributed by atoms with Gasteiger partial charge in [0, 0.05) is 6.07 Å². The van der Waals surface area contributed by atoms with Crippen LogP contribution >= 0.6 is 0 Å². The molecule has 166 valence electrons. The minimum atomic E-state index is -4.02. The first-order valence-corrected chi connectivity index (χ1v) is 11.1. The minimum Gasteiger partial charge on any atom is -0.492 e. The van der Waals surface area contributed by atoms with Crippen LogP contribution in [0.25, 0.3) is 0 Å². The van der Waals surface area contributed by atoms with Gasteiger partial charge in [-0.1, -0.05) is 12.1 Å². The highest BCUT2D eigenvalue weighted by Gasteiger charge is 2.21. The molecule has 0 radical (unpaired) electrons. The van der Waals surface area contributed by atoms with E-state index in [2.05, 4.69) is 10.0 Å². The van der Waals surface area contributed by atoms with Crippen LogP contribution in [0, 0.1) is 5.82 Å². The van der Waals surface area contributed by atoms with Crippen LogP contribution in [-0.4, -0.2) is 27.7 Å². The molecular weight excluding hydrogens is 439 g/mol. The van der Waals surface area contributed by atoms with Gasteiger partial charge in [0.1, 0.15) is 11.6 Å². The van der Waals surface area contributed by atoms with Crippen molar-refractivity contribution in [2.45, 2.75) is 11.8 Å². The summed E-state index contributed by atoms with van der Waals surface area (Å²) in [5.41, 5.74) is 0.190. The number of benzene rings is 3. The minimum absolute atomic E-state index is 0.0650. The number of carbonyl (C=O) groups is 1. The van der Waals surface area contributed by atoms with Gasteiger partial charge in [-0.3, -0.25) is 9.52 Å². The molecule has 0 aromatic heterocycles. The van der Waals surface area contributed by atoms with Crippen molar-refractivity contribution in [2.24, 2.45) is 0 Å². The van der Waals surface area contributed by atoms with Crippen molar-refractivity contribution in [1.29, 1.82) is 0 Å². The Bertz CT molecular complexity index is 1280. The second-order valence-electron chi connectivity index (χ2n) is 6.70. The molecule has 1 aliphatic rings. The van der Waals surface area contributed by atoms with Crippen LogP contribution in [0.3, 0.4) is 0 Å². The predicted octanol–water partition coefficient (Wildman–Crippen LogP) is 4.01. The number of nitrogens with one attached hydrogen (secondary N) is 2. The van der Waals surface area contributed by atoms with Gasteiger partial charge in [-0.15, -0.1) is 0 Å². The van der Waals surface area contributed by atoms with Gasteiger partial charge < -0.3 is 19.5 Å². The molecule has 0 unspecified atom stereocenters. The maximum absolute atomic E-state index is 14.0. The van der Waals surface area contributed by atoms with Crippen molar-refractivity contribution < 1.29 is 31.8 Å². The van der Waals surface area contributed by atoms with E-state index in [9.17, 15) is 17.6 Å². The Morgan fingerprint density at radius 1 is 1.06 bits per heavy atom. The Labute approximate surface area is 184 Å². The van der Waals surface area contributed by atoms with E-state index < -0.39 is 21.7 Å². The quantitative estimate of drug-likeness (QED) is 0.555. The first-order valence-electron chi connectivity index (χ1n) is 9.62. The molecule has 2 N–H and O–H groups in total. The Kier molecular flexibility index (Phi) is 5.87. The van der Waals surface area contributed by atoms with Crippen molar-refractivity contribution in [3.8, 4) is 17.2 Å². The maximum atomic E-state index is 14.0. The van der Waals surface area contributed by atoms with E-state index in [1.807, 2.05) is 0 Å². The average Bonchev–Trinajstić information content (AvgIpc) is 3.23. The van der Waals surface area contributed by atoms with E-state index in [-0.39, 0.29) is 41.0 Å². The van der Waals surface area contributed by atoms with Crippen molar-refractivity contribution in [3.63, 3.8) is 0 Å². The fourth-order valence-corrected chi connectivity index (χ4v) is 4.14. The summed E-state index contributed by atoms with van der Waals surface area (Å²) in [7, 11) is -4.02. The summed E-state index contributed by atoms with van der Waals surface area (Å²) in [6.45, 7) is 2.09. The molecule has 1 amide bonds. The topological polar surface area (TPSA) is 103 Å². The zero-order valence-electron chi connectivity index (χ0n) is 16.9. The number of hydrogen-bond acceptors (Lipinski definition) is 6. The summed E-state index contributed by atoms with van der Waals surface area (Å²) < 4.78 is 58.3. The molecule has 0 bridgehead atoms. The number of amides is 1. The Balaban J connectivity index is 1.63. The van der Waals surface area contributed by atoms with Crippen molar-refractivity contribution in [2.75, 3.05) is 23.4 Å². The van der Waals surface area contributed by atoms with Gasteiger partial charge in [-0.25, -0.2) is 12.8 Å². The number of fused-ring (bicyclic) bond motifs is 1. The van der Waals surface area contributed by atoms with Gasteiger partial charge in [0.2, 0.25) is 6.79 Å². The van der Waals surface area contributed by atoms with Crippen LogP contribution < -0.4 is 24.2 Å². The molecule has 0 fully saturated rings. The Morgan fingerprint density at radius 2 is 1.84 bits per heavy atom. The zero-order chi connectivity index (χ0) is 22.7. The molecule has 3 aromatic rings. The molecule has 0 aliphatic carbocycles. The number of ether oxygens (including phenoxy) is 3. The van der Waals surface area contributed by atoms with Crippen LogP contribution in [0.5, 0.6) is 17.2 Å². The molecule has 4 rings (SSSR count). The van der Waals surface area contributed by atoms with Crippen molar-refractivity contribution in [3.05, 3.63) is 72.0 Å². The number of carbonyl (C=O) groups excluding carboxylic acids is 1. The van der Waals surface area contributed by atoms with Gasteiger partial charge >= 0.3 is 0 Å². The molecule has 0 saturated heterocycles. The van der Waals surface area contributed by atoms with E-state index >= 15 is 0 Å². The summed E-state index contributed by atoms with van der Waals surface area (Å²) in [4.78, 5) is 12.4. The average molecular weight is 458 g/mol. The molecule has 1 aliphatic heterocycles. The lowest BCUT2D eigenvalue weighted by molar-refractivity contribution is 0.102. The standard InChI is InChI=1S/C22H19FN2O6S/c1-2-29-19-10-8-15(12-18(19)24-22(26)16-5-3-4-6-17(16)23)32(27,28)25-14-7-9-20-21(11-14)31-13-30-20/h3-12,25H,2,13H2,1H3,(H,24,26). The molecule has 32 heavy (non-hydrogen) atoms. The normalized spacial score (nSPS) is 12.3. The number of sulfonamides is 1. The second kappa shape index (κ2) is 8.75. The predicted molar refractivity (Wildman–Crippen MR) is 115 cm³/mol. The van der Waals surface area contributed by atoms with Gasteiger partial charge in [0.25, 0.3) is 15.9 Å². The third-order valence-corrected chi connectivity index (χ3v) is 5.93. The van der Waals surface area contributed by atoms with Gasteiger partial charge in [0.05, 0.1) is 28.4 Å². The fourth-order valence-electron chi connectivity index (χ4n) is 3.06. The SMILES string of the molecule is CCOc1ccc(S(=O)(=O)Nc2ccc3c(c2)OCO3)cc1NC(=O)c1ccccc1F. The van der Waals surface area contributed by atoms with Gasteiger partial charge in [0.15, 0.2) is 11.5 Å². The second-order valence-corrected chi connectivity index (χ2v) is 8.38. The van der Waals surface area contributed by atoms with E-state index in [0.29, 0.717) is 11.5 Å². The third-order valence-electron chi connectivity index (χ3n) is 4.55. The fraction of sp³-hybridized carbons (Fsp3) is 0.136. The van der Waals surface area contributed by atoms with Crippen LogP contribution in [-0.2, 0) is 10.0 Å².